The molecule has 1 amide bonds. The van der Waals surface area contributed by atoms with Crippen molar-refractivity contribution in [2.45, 2.75) is 19.4 Å². The van der Waals surface area contributed by atoms with E-state index in [-0.39, 0.29) is 11.8 Å². The van der Waals surface area contributed by atoms with Crippen LogP contribution in [0, 0.1) is 5.92 Å². The SMILES string of the molecule is Cn1nnc2ccc(Cn3ccc4ncc(-c5cc(NC(=O)C6CCCNC6)ncc5Cl)cc43)cc21. The highest BCUT2D eigenvalue weighted by molar-refractivity contribution is 6.33. The summed E-state index contributed by atoms with van der Waals surface area (Å²) in [6, 6.07) is 12.1. The molecule has 5 heterocycles. The normalized spacial score (nSPS) is 16.0. The number of hydrogen-bond donors (Lipinski definition) is 2. The molecule has 0 aliphatic carbocycles. The number of fused-ring (bicyclic) bond motifs is 2. The lowest BCUT2D eigenvalue weighted by Gasteiger charge is -2.21. The number of pyridine rings is 2. The van der Waals surface area contributed by atoms with E-state index in [0.29, 0.717) is 23.9 Å². The number of nitrogens with zero attached hydrogens (tertiary/aromatic N) is 6. The maximum atomic E-state index is 12.7. The Hall–Kier alpha value is -3.82. The zero-order chi connectivity index (χ0) is 24.6. The average molecular weight is 501 g/mol. The fourth-order valence-electron chi connectivity index (χ4n) is 4.75. The molecular formula is C26H25ClN8O. The van der Waals surface area contributed by atoms with Crippen LogP contribution in [0.4, 0.5) is 5.82 Å². The second-order valence-corrected chi connectivity index (χ2v) is 9.60. The molecule has 1 saturated heterocycles. The molecule has 182 valence electrons. The largest absolute Gasteiger partial charge is 0.342 e. The molecule has 10 heteroatoms. The van der Waals surface area contributed by atoms with Gasteiger partial charge in [-0.3, -0.25) is 9.78 Å². The predicted molar refractivity (Wildman–Crippen MR) is 140 cm³/mol. The van der Waals surface area contributed by atoms with Gasteiger partial charge >= 0.3 is 0 Å². The summed E-state index contributed by atoms with van der Waals surface area (Å²) >= 11 is 6.54. The number of amides is 1. The topological polar surface area (TPSA) is 103 Å². The maximum Gasteiger partial charge on any atom is 0.229 e. The van der Waals surface area contributed by atoms with Crippen molar-refractivity contribution in [3.63, 3.8) is 0 Å². The summed E-state index contributed by atoms with van der Waals surface area (Å²) in [5.74, 6) is 0.409. The Kier molecular flexibility index (Phi) is 5.86. The van der Waals surface area contributed by atoms with Gasteiger partial charge in [0, 0.05) is 49.9 Å². The second-order valence-electron chi connectivity index (χ2n) is 9.19. The number of nitrogens with one attached hydrogen (secondary N) is 2. The van der Waals surface area contributed by atoms with Gasteiger partial charge in [-0.05, 0) is 55.3 Å². The number of piperidine rings is 1. The number of rotatable bonds is 5. The number of benzene rings is 1. The Labute approximate surface area is 212 Å². The second kappa shape index (κ2) is 9.33. The number of halogens is 1. The molecule has 1 aliphatic heterocycles. The van der Waals surface area contributed by atoms with Crippen molar-refractivity contribution in [1.82, 2.24) is 34.8 Å². The van der Waals surface area contributed by atoms with Crippen LogP contribution in [-0.2, 0) is 18.4 Å². The number of aromatic nitrogens is 6. The van der Waals surface area contributed by atoms with E-state index < -0.39 is 0 Å². The summed E-state index contributed by atoms with van der Waals surface area (Å²) < 4.78 is 3.93. The van der Waals surface area contributed by atoms with Gasteiger partial charge in [-0.15, -0.1) is 5.10 Å². The zero-order valence-corrected chi connectivity index (χ0v) is 20.5. The molecule has 36 heavy (non-hydrogen) atoms. The van der Waals surface area contributed by atoms with Crippen molar-refractivity contribution in [2.24, 2.45) is 13.0 Å². The van der Waals surface area contributed by atoms with Gasteiger partial charge in [0.1, 0.15) is 11.3 Å². The summed E-state index contributed by atoms with van der Waals surface area (Å²) in [6.45, 7) is 2.32. The quantitative estimate of drug-likeness (QED) is 0.378. The fourth-order valence-corrected chi connectivity index (χ4v) is 4.96. The van der Waals surface area contributed by atoms with Crippen molar-refractivity contribution in [2.75, 3.05) is 18.4 Å². The molecule has 0 spiro atoms. The fraction of sp³-hybridized carbons (Fsp3) is 0.269. The molecule has 0 radical (unpaired) electrons. The van der Waals surface area contributed by atoms with Crippen LogP contribution in [0.1, 0.15) is 18.4 Å². The van der Waals surface area contributed by atoms with E-state index in [0.717, 1.165) is 58.1 Å². The molecule has 1 aliphatic rings. The Morgan fingerprint density at radius 2 is 2.06 bits per heavy atom. The van der Waals surface area contributed by atoms with Gasteiger partial charge < -0.3 is 15.2 Å². The smallest absolute Gasteiger partial charge is 0.229 e. The van der Waals surface area contributed by atoms with Crippen molar-refractivity contribution in [3.8, 4) is 11.1 Å². The first-order valence-electron chi connectivity index (χ1n) is 12.0. The van der Waals surface area contributed by atoms with Crippen LogP contribution >= 0.6 is 11.6 Å². The average Bonchev–Trinajstić information content (AvgIpc) is 3.48. The van der Waals surface area contributed by atoms with Crippen molar-refractivity contribution in [3.05, 3.63) is 65.6 Å². The van der Waals surface area contributed by atoms with Gasteiger partial charge in [-0.25, -0.2) is 9.67 Å². The molecular weight excluding hydrogens is 476 g/mol. The Morgan fingerprint density at radius 3 is 2.92 bits per heavy atom. The number of aryl methyl sites for hydroxylation is 1. The molecule has 9 nitrogen and oxygen atoms in total. The van der Waals surface area contributed by atoms with E-state index in [1.807, 2.05) is 31.4 Å². The molecule has 1 unspecified atom stereocenters. The predicted octanol–water partition coefficient (Wildman–Crippen LogP) is 4.02. The highest BCUT2D eigenvalue weighted by Crippen LogP contribution is 2.31. The summed E-state index contributed by atoms with van der Waals surface area (Å²) in [7, 11) is 1.89. The van der Waals surface area contributed by atoms with Crippen LogP contribution in [-0.4, -0.2) is 48.5 Å². The molecule has 1 aromatic carbocycles. The van der Waals surface area contributed by atoms with Gasteiger partial charge in [0.25, 0.3) is 0 Å². The van der Waals surface area contributed by atoms with Crippen LogP contribution in [0.25, 0.3) is 33.2 Å². The highest BCUT2D eigenvalue weighted by Gasteiger charge is 2.21. The molecule has 1 atom stereocenters. The van der Waals surface area contributed by atoms with Gasteiger partial charge in [-0.2, -0.15) is 0 Å². The number of carbonyl (C=O) groups excluding carboxylic acids is 1. The van der Waals surface area contributed by atoms with E-state index >= 15 is 0 Å². The standard InChI is InChI=1S/C26H25ClN8O/c1-34-23-9-16(4-5-22(23)32-33-34)15-35-8-6-21-24(35)10-18(13-29-21)19-11-25(30-14-20(19)27)31-26(36)17-3-2-7-28-12-17/h4-6,8-11,13-14,17,28H,2-3,7,12,15H2,1H3,(H,30,31,36). The summed E-state index contributed by atoms with van der Waals surface area (Å²) in [4.78, 5) is 21.7. The van der Waals surface area contributed by atoms with Gasteiger partial charge in [0.05, 0.1) is 27.5 Å². The Balaban J connectivity index is 1.29. The summed E-state index contributed by atoms with van der Waals surface area (Å²) in [5.41, 5.74) is 6.51. The van der Waals surface area contributed by atoms with Crippen LogP contribution in [0.2, 0.25) is 5.02 Å². The lowest BCUT2D eigenvalue weighted by atomic mass is 9.99. The van der Waals surface area contributed by atoms with E-state index in [4.69, 9.17) is 11.6 Å². The maximum absolute atomic E-state index is 12.7. The summed E-state index contributed by atoms with van der Waals surface area (Å²) in [5, 5.41) is 15.0. The molecule has 4 aromatic heterocycles. The molecule has 2 N–H and O–H groups in total. The van der Waals surface area contributed by atoms with Crippen LogP contribution in [0.3, 0.4) is 0 Å². The molecule has 0 bridgehead atoms. The van der Waals surface area contributed by atoms with Gasteiger partial charge in [0.2, 0.25) is 5.91 Å². The van der Waals surface area contributed by atoms with E-state index in [1.54, 1.807) is 17.1 Å². The van der Waals surface area contributed by atoms with Gasteiger partial charge in [-0.1, -0.05) is 22.9 Å². The Morgan fingerprint density at radius 1 is 1.14 bits per heavy atom. The minimum Gasteiger partial charge on any atom is -0.342 e. The number of hydrogen-bond acceptors (Lipinski definition) is 6. The van der Waals surface area contributed by atoms with Crippen molar-refractivity contribution < 1.29 is 4.79 Å². The monoisotopic (exact) mass is 500 g/mol. The first-order chi connectivity index (χ1) is 17.5. The van der Waals surface area contributed by atoms with Gasteiger partial charge in [0.15, 0.2) is 0 Å². The highest BCUT2D eigenvalue weighted by atomic mass is 35.5. The minimum atomic E-state index is -0.0534. The molecule has 1 fully saturated rings. The number of carbonyl (C=O) groups is 1. The third-order valence-electron chi connectivity index (χ3n) is 6.73. The zero-order valence-electron chi connectivity index (χ0n) is 19.8. The minimum absolute atomic E-state index is 0.0222. The van der Waals surface area contributed by atoms with Crippen molar-refractivity contribution >= 4 is 45.4 Å². The van der Waals surface area contributed by atoms with Crippen LogP contribution in [0.5, 0.6) is 0 Å². The van der Waals surface area contributed by atoms with E-state index in [2.05, 4.69) is 53.7 Å². The first kappa shape index (κ1) is 22.6. The number of anilines is 1. The first-order valence-corrected chi connectivity index (χ1v) is 12.3. The third kappa shape index (κ3) is 4.31. The lowest BCUT2D eigenvalue weighted by Crippen LogP contribution is -2.37. The third-order valence-corrected chi connectivity index (χ3v) is 7.03. The molecule has 5 aromatic rings. The van der Waals surface area contributed by atoms with Crippen LogP contribution < -0.4 is 10.6 Å². The Bertz CT molecular complexity index is 1580. The van der Waals surface area contributed by atoms with Crippen molar-refractivity contribution in [1.29, 1.82) is 0 Å². The summed E-state index contributed by atoms with van der Waals surface area (Å²) in [6.07, 6.45) is 7.28. The molecule has 0 saturated carbocycles. The van der Waals surface area contributed by atoms with E-state index in [9.17, 15) is 4.79 Å². The lowest BCUT2D eigenvalue weighted by molar-refractivity contribution is -0.120. The van der Waals surface area contributed by atoms with E-state index in [1.165, 1.54) is 0 Å². The molecule has 6 rings (SSSR count). The van der Waals surface area contributed by atoms with Crippen LogP contribution in [0.15, 0.2) is 55.0 Å².